The number of aromatic nitrogens is 2. The van der Waals surface area contributed by atoms with Crippen LogP contribution in [-0.4, -0.2) is 55.6 Å². The fourth-order valence-corrected chi connectivity index (χ4v) is 7.23. The van der Waals surface area contributed by atoms with Crippen molar-refractivity contribution in [2.75, 3.05) is 19.0 Å². The number of unbranched alkanes of at least 4 members (excludes halogenated alkanes) is 1. The second kappa shape index (κ2) is 16.4. The van der Waals surface area contributed by atoms with Crippen LogP contribution in [0.4, 0.5) is 5.82 Å². The highest BCUT2D eigenvalue weighted by Gasteiger charge is 2.37. The number of nitrogens with one attached hydrogen (secondary N) is 3. The number of methoxy groups -OCH3 is 1. The minimum atomic E-state index is -0.512. The van der Waals surface area contributed by atoms with E-state index in [9.17, 15) is 30.0 Å². The van der Waals surface area contributed by atoms with Gasteiger partial charge in [0, 0.05) is 43.4 Å². The van der Waals surface area contributed by atoms with Gasteiger partial charge in [-0.3, -0.25) is 9.59 Å². The number of rotatable bonds is 17. The van der Waals surface area contributed by atoms with Crippen LogP contribution in [-0.2, 0) is 28.9 Å². The molecule has 0 amide bonds. The zero-order valence-corrected chi connectivity index (χ0v) is 29.2. The summed E-state index contributed by atoms with van der Waals surface area (Å²) in [5, 5.41) is 43.1. The van der Waals surface area contributed by atoms with Crippen molar-refractivity contribution in [3.8, 4) is 28.7 Å². The lowest BCUT2D eigenvalue weighted by atomic mass is 9.71. The number of phenolic OH excluding ortho intramolecular Hbond substituents is 4. The van der Waals surface area contributed by atoms with Crippen LogP contribution in [0.5, 0.6) is 28.7 Å². The number of ketones is 2. The standard InChI is InChI=1S/C42H45N3O7/c1-52-40-22-27(10-14-37(40)49)9-12-32(47)24-39(51)41-30(25-45-42-29(15-17-44-42)19-28-11-13-36(48)38(50)21-28)23-35-33(16-18-43-35)34(41)8-3-2-5-26-6-4-7-31(46)20-26/h4,6-7,10-11,13-18,20-23,34,41,43-46,48-50H,2-3,5,8-9,12,19,24-25H2,1H3/t34-,41+/m0/s1. The lowest BCUT2D eigenvalue weighted by molar-refractivity contribution is -0.129. The molecule has 3 aromatic carbocycles. The van der Waals surface area contributed by atoms with Crippen LogP contribution in [0.2, 0.25) is 0 Å². The van der Waals surface area contributed by atoms with Crippen molar-refractivity contribution in [2.45, 2.75) is 57.3 Å². The number of anilines is 1. The first kappa shape index (κ1) is 35.9. The van der Waals surface area contributed by atoms with Gasteiger partial charge >= 0.3 is 0 Å². The van der Waals surface area contributed by atoms with E-state index in [1.165, 1.54) is 19.2 Å². The number of hydrogen-bond acceptors (Lipinski definition) is 8. The molecule has 7 N–H and O–H groups in total. The number of H-pyrrole nitrogens is 2. The van der Waals surface area contributed by atoms with Gasteiger partial charge in [-0.25, -0.2) is 0 Å². The number of carbonyl (C=O) groups is 2. The minimum absolute atomic E-state index is 0.0289. The summed E-state index contributed by atoms with van der Waals surface area (Å²) in [6, 6.07) is 21.0. The Balaban J connectivity index is 1.19. The Morgan fingerprint density at radius 3 is 2.40 bits per heavy atom. The summed E-state index contributed by atoms with van der Waals surface area (Å²) in [5.41, 5.74) is 6.59. The number of Topliss-reactive ketones (excluding diaryl/α,β-unsaturated/α-hetero) is 2. The van der Waals surface area contributed by atoms with Crippen LogP contribution >= 0.6 is 0 Å². The Bertz CT molecular complexity index is 2060. The molecule has 10 nitrogen and oxygen atoms in total. The monoisotopic (exact) mass is 703 g/mol. The molecule has 5 aromatic rings. The van der Waals surface area contributed by atoms with E-state index in [1.54, 1.807) is 36.4 Å². The SMILES string of the molecule is COc1cc(CCC(=O)CC(=O)[C@@H]2C(CNc3[nH]ccc3Cc3ccc(O)c(O)c3)=Cc3[nH]ccc3[C@@H]2CCCCc2cccc(O)c2)ccc1O. The second-order valence-corrected chi connectivity index (χ2v) is 13.5. The predicted molar refractivity (Wildman–Crippen MR) is 200 cm³/mol. The van der Waals surface area contributed by atoms with E-state index in [4.69, 9.17) is 4.74 Å². The zero-order chi connectivity index (χ0) is 36.6. The van der Waals surface area contributed by atoms with Crippen LogP contribution in [0.1, 0.15) is 71.5 Å². The smallest absolute Gasteiger partial charge is 0.160 e. The number of benzene rings is 3. The normalized spacial score (nSPS) is 15.1. The fraction of sp³-hybridized carbons (Fsp3) is 0.286. The van der Waals surface area contributed by atoms with Gasteiger partial charge in [0.1, 0.15) is 23.1 Å². The van der Waals surface area contributed by atoms with Gasteiger partial charge in [-0.15, -0.1) is 0 Å². The molecule has 2 aromatic heterocycles. The molecule has 2 atom stereocenters. The minimum Gasteiger partial charge on any atom is -0.508 e. The number of fused-ring (bicyclic) bond motifs is 1. The molecule has 270 valence electrons. The highest BCUT2D eigenvalue weighted by Crippen LogP contribution is 2.43. The summed E-state index contributed by atoms with van der Waals surface area (Å²) in [5.74, 6) is 0.144. The molecule has 0 bridgehead atoms. The molecule has 0 saturated carbocycles. The Labute approximate surface area is 302 Å². The molecular formula is C42H45N3O7. The van der Waals surface area contributed by atoms with Gasteiger partial charge in [-0.05, 0) is 120 Å². The molecule has 2 heterocycles. The highest BCUT2D eigenvalue weighted by molar-refractivity contribution is 6.02. The summed E-state index contributed by atoms with van der Waals surface area (Å²) < 4.78 is 5.21. The maximum atomic E-state index is 14.3. The molecule has 0 fully saturated rings. The topological polar surface area (TPSA) is 168 Å². The van der Waals surface area contributed by atoms with Crippen molar-refractivity contribution < 1.29 is 34.8 Å². The first-order chi connectivity index (χ1) is 25.2. The summed E-state index contributed by atoms with van der Waals surface area (Å²) >= 11 is 0. The fourth-order valence-electron chi connectivity index (χ4n) is 7.23. The van der Waals surface area contributed by atoms with Gasteiger partial charge in [0.05, 0.1) is 13.5 Å². The molecule has 0 unspecified atom stereocenters. The Hall–Kier alpha value is -5.90. The number of hydrogen-bond donors (Lipinski definition) is 7. The van der Waals surface area contributed by atoms with Crippen molar-refractivity contribution in [3.63, 3.8) is 0 Å². The lowest BCUT2D eigenvalue weighted by Gasteiger charge is -2.32. The predicted octanol–water partition coefficient (Wildman–Crippen LogP) is 7.55. The quantitative estimate of drug-likeness (QED) is 0.0296. The van der Waals surface area contributed by atoms with Crippen molar-refractivity contribution >= 4 is 23.5 Å². The molecule has 6 rings (SSSR count). The van der Waals surface area contributed by atoms with Crippen molar-refractivity contribution in [1.82, 2.24) is 9.97 Å². The van der Waals surface area contributed by atoms with Crippen molar-refractivity contribution in [3.05, 3.63) is 124 Å². The molecule has 1 aliphatic rings. The summed E-state index contributed by atoms with van der Waals surface area (Å²) in [6.45, 7) is 0.366. The van der Waals surface area contributed by atoms with Crippen LogP contribution < -0.4 is 10.1 Å². The second-order valence-electron chi connectivity index (χ2n) is 13.5. The first-order valence-corrected chi connectivity index (χ1v) is 17.7. The van der Waals surface area contributed by atoms with Crippen LogP contribution in [0, 0.1) is 5.92 Å². The van der Waals surface area contributed by atoms with Gasteiger partial charge < -0.3 is 40.4 Å². The van der Waals surface area contributed by atoms with E-state index >= 15 is 0 Å². The molecule has 1 aliphatic carbocycles. The molecule has 0 aliphatic heterocycles. The van der Waals surface area contributed by atoms with E-state index < -0.39 is 5.92 Å². The summed E-state index contributed by atoms with van der Waals surface area (Å²) in [7, 11) is 1.48. The number of aromatic amines is 2. The number of aromatic hydroxyl groups is 4. The molecule has 10 heteroatoms. The number of phenols is 4. The van der Waals surface area contributed by atoms with Gasteiger partial charge in [0.2, 0.25) is 0 Å². The third-order valence-corrected chi connectivity index (χ3v) is 9.88. The average Bonchev–Trinajstić information content (AvgIpc) is 3.79. The molecule has 0 radical (unpaired) electrons. The average molecular weight is 704 g/mol. The Morgan fingerprint density at radius 2 is 1.60 bits per heavy atom. The molecule has 52 heavy (non-hydrogen) atoms. The molecular weight excluding hydrogens is 658 g/mol. The van der Waals surface area contributed by atoms with E-state index in [-0.39, 0.29) is 53.3 Å². The van der Waals surface area contributed by atoms with Gasteiger partial charge in [0.25, 0.3) is 0 Å². The van der Waals surface area contributed by atoms with E-state index in [0.29, 0.717) is 25.1 Å². The van der Waals surface area contributed by atoms with E-state index in [1.807, 2.05) is 42.7 Å². The van der Waals surface area contributed by atoms with Gasteiger partial charge in [-0.2, -0.15) is 0 Å². The van der Waals surface area contributed by atoms with Gasteiger partial charge in [-0.1, -0.05) is 30.7 Å². The lowest BCUT2D eigenvalue weighted by Crippen LogP contribution is -2.31. The first-order valence-electron chi connectivity index (χ1n) is 17.7. The maximum Gasteiger partial charge on any atom is 0.160 e. The Morgan fingerprint density at radius 1 is 0.808 bits per heavy atom. The number of aryl methyl sites for hydroxylation is 2. The largest absolute Gasteiger partial charge is 0.508 e. The number of ether oxygens (including phenoxy) is 1. The van der Waals surface area contributed by atoms with E-state index in [2.05, 4.69) is 15.3 Å². The van der Waals surface area contributed by atoms with E-state index in [0.717, 1.165) is 70.6 Å². The summed E-state index contributed by atoms with van der Waals surface area (Å²) in [6.07, 6.45) is 9.97. The molecule has 0 spiro atoms. The van der Waals surface area contributed by atoms with Crippen molar-refractivity contribution in [2.24, 2.45) is 5.92 Å². The highest BCUT2D eigenvalue weighted by atomic mass is 16.5. The van der Waals surface area contributed by atoms with Crippen LogP contribution in [0.3, 0.4) is 0 Å². The van der Waals surface area contributed by atoms with Gasteiger partial charge in [0.15, 0.2) is 23.0 Å². The maximum absolute atomic E-state index is 14.3. The Kier molecular flexibility index (Phi) is 11.3. The summed E-state index contributed by atoms with van der Waals surface area (Å²) in [4.78, 5) is 34.3. The number of carbonyl (C=O) groups excluding carboxylic acids is 2. The molecule has 0 saturated heterocycles. The van der Waals surface area contributed by atoms with Crippen molar-refractivity contribution in [1.29, 1.82) is 0 Å². The van der Waals surface area contributed by atoms with Crippen LogP contribution in [0.25, 0.3) is 6.08 Å². The third-order valence-electron chi connectivity index (χ3n) is 9.88. The third kappa shape index (κ3) is 8.69. The zero-order valence-electron chi connectivity index (χ0n) is 29.2. The van der Waals surface area contributed by atoms with Crippen LogP contribution in [0.15, 0.2) is 90.8 Å².